The van der Waals surface area contributed by atoms with E-state index in [1.807, 2.05) is 0 Å². The highest BCUT2D eigenvalue weighted by atomic mass is 28.4. The molecule has 0 aliphatic heterocycles. The van der Waals surface area contributed by atoms with Crippen molar-refractivity contribution >= 4 is 8.32 Å². The van der Waals surface area contributed by atoms with Crippen LogP contribution in [0.1, 0.15) is 74.1 Å². The van der Waals surface area contributed by atoms with Gasteiger partial charge in [0.1, 0.15) is 5.60 Å². The summed E-state index contributed by atoms with van der Waals surface area (Å²) in [5.74, 6) is 2.91. The normalized spacial score (nSPS) is 15.7. The van der Waals surface area contributed by atoms with Crippen molar-refractivity contribution in [3.63, 3.8) is 0 Å². The number of hydrogen-bond acceptors (Lipinski definition) is 1. The Balaban J connectivity index is 4.66. The Morgan fingerprint density at radius 1 is 1.04 bits per heavy atom. The van der Waals surface area contributed by atoms with Crippen molar-refractivity contribution in [3.8, 4) is 12.3 Å². The molecule has 132 valence electrons. The fourth-order valence-corrected chi connectivity index (χ4v) is 3.75. The zero-order valence-corrected chi connectivity index (χ0v) is 18.0. The zero-order valence-electron chi connectivity index (χ0n) is 17.0. The second kappa shape index (κ2) is 8.90. The third kappa shape index (κ3) is 8.58. The largest absolute Gasteiger partial charge is 0.401 e. The Morgan fingerprint density at radius 2 is 1.61 bits per heavy atom. The third-order valence-electron chi connectivity index (χ3n) is 4.80. The standard InChI is InChI=1S/C21H38OSi/c1-11-21(8,22-23(9,10)20(5,6)7)17-13-16-19(4)15-12-14-18(2)3/h1,14,16H,12-13,15,17H2,2-10H3/b19-16+. The summed E-state index contributed by atoms with van der Waals surface area (Å²) >= 11 is 0. The molecule has 0 aliphatic carbocycles. The third-order valence-corrected chi connectivity index (χ3v) is 9.37. The van der Waals surface area contributed by atoms with Crippen molar-refractivity contribution in [1.29, 1.82) is 0 Å². The number of hydrogen-bond donors (Lipinski definition) is 0. The summed E-state index contributed by atoms with van der Waals surface area (Å²) in [7, 11) is -1.84. The molecular formula is C21H38OSi. The predicted octanol–water partition coefficient (Wildman–Crippen LogP) is 6.87. The minimum atomic E-state index is -1.84. The average molecular weight is 335 g/mol. The molecule has 0 spiro atoms. The molecule has 1 nitrogen and oxygen atoms in total. The van der Waals surface area contributed by atoms with E-state index in [1.54, 1.807) is 0 Å². The molecule has 0 aromatic rings. The molecule has 0 heterocycles. The quantitative estimate of drug-likeness (QED) is 0.267. The average Bonchev–Trinajstić information content (AvgIpc) is 2.36. The van der Waals surface area contributed by atoms with Gasteiger partial charge in [-0.15, -0.1) is 6.42 Å². The highest BCUT2D eigenvalue weighted by molar-refractivity contribution is 6.74. The first-order valence-electron chi connectivity index (χ1n) is 8.80. The van der Waals surface area contributed by atoms with Crippen LogP contribution in [0.25, 0.3) is 0 Å². The maximum Gasteiger partial charge on any atom is 0.194 e. The van der Waals surface area contributed by atoms with Crippen LogP contribution in [0.5, 0.6) is 0 Å². The molecule has 0 aromatic heterocycles. The Morgan fingerprint density at radius 3 is 2.04 bits per heavy atom. The minimum Gasteiger partial charge on any atom is -0.401 e. The van der Waals surface area contributed by atoms with Crippen LogP contribution in [-0.4, -0.2) is 13.9 Å². The summed E-state index contributed by atoms with van der Waals surface area (Å²) in [4.78, 5) is 0. The molecular weight excluding hydrogens is 296 g/mol. The van der Waals surface area contributed by atoms with Crippen molar-refractivity contribution in [1.82, 2.24) is 0 Å². The summed E-state index contributed by atoms with van der Waals surface area (Å²) < 4.78 is 6.50. The summed E-state index contributed by atoms with van der Waals surface area (Å²) in [6.07, 6.45) is 14.5. The number of terminal acetylenes is 1. The summed E-state index contributed by atoms with van der Waals surface area (Å²) in [6.45, 7) is 19.9. The molecule has 2 heteroatoms. The van der Waals surface area contributed by atoms with Crippen LogP contribution in [0.4, 0.5) is 0 Å². The van der Waals surface area contributed by atoms with E-state index >= 15 is 0 Å². The van der Waals surface area contributed by atoms with Crippen molar-refractivity contribution in [2.24, 2.45) is 0 Å². The molecule has 0 bridgehead atoms. The van der Waals surface area contributed by atoms with Gasteiger partial charge in [-0.2, -0.15) is 0 Å². The maximum absolute atomic E-state index is 6.50. The van der Waals surface area contributed by atoms with Crippen molar-refractivity contribution in [3.05, 3.63) is 23.3 Å². The van der Waals surface area contributed by atoms with Gasteiger partial charge in [0.25, 0.3) is 0 Å². The van der Waals surface area contributed by atoms with Crippen LogP contribution in [0.15, 0.2) is 23.3 Å². The molecule has 0 amide bonds. The topological polar surface area (TPSA) is 9.23 Å². The number of rotatable bonds is 8. The summed E-state index contributed by atoms with van der Waals surface area (Å²) in [6, 6.07) is 0. The first-order chi connectivity index (χ1) is 10.3. The molecule has 0 aliphatic rings. The smallest absolute Gasteiger partial charge is 0.194 e. The lowest BCUT2D eigenvalue weighted by Gasteiger charge is -2.42. The first kappa shape index (κ1) is 22.2. The van der Waals surface area contributed by atoms with Gasteiger partial charge in [-0.3, -0.25) is 0 Å². The molecule has 0 N–H and O–H groups in total. The van der Waals surface area contributed by atoms with Crippen LogP contribution in [0.2, 0.25) is 18.1 Å². The van der Waals surface area contributed by atoms with E-state index < -0.39 is 13.9 Å². The highest BCUT2D eigenvalue weighted by Gasteiger charge is 2.42. The SMILES string of the molecule is C#CC(C)(CC/C=C(\C)CCC=C(C)C)O[Si](C)(C)C(C)(C)C. The lowest BCUT2D eigenvalue weighted by molar-refractivity contribution is 0.123. The van der Waals surface area contributed by atoms with Gasteiger partial charge < -0.3 is 4.43 Å². The Labute approximate surface area is 146 Å². The lowest BCUT2D eigenvalue weighted by atomic mass is 10.00. The highest BCUT2D eigenvalue weighted by Crippen LogP contribution is 2.40. The van der Waals surface area contributed by atoms with E-state index in [2.05, 4.69) is 79.6 Å². The zero-order chi connectivity index (χ0) is 18.3. The number of allylic oxidation sites excluding steroid dienone is 4. The van der Waals surface area contributed by atoms with Gasteiger partial charge in [-0.25, -0.2) is 0 Å². The van der Waals surface area contributed by atoms with Gasteiger partial charge in [0, 0.05) is 0 Å². The Hall–Kier alpha value is -0.783. The van der Waals surface area contributed by atoms with Gasteiger partial charge in [-0.1, -0.05) is 50.0 Å². The van der Waals surface area contributed by atoms with Crippen LogP contribution >= 0.6 is 0 Å². The molecule has 23 heavy (non-hydrogen) atoms. The molecule has 0 aromatic carbocycles. The van der Waals surface area contributed by atoms with Crippen LogP contribution < -0.4 is 0 Å². The maximum atomic E-state index is 6.50. The molecule has 0 saturated carbocycles. The molecule has 1 atom stereocenters. The van der Waals surface area contributed by atoms with E-state index in [4.69, 9.17) is 10.8 Å². The van der Waals surface area contributed by atoms with E-state index in [1.165, 1.54) is 11.1 Å². The molecule has 0 fully saturated rings. The van der Waals surface area contributed by atoms with Crippen LogP contribution in [0, 0.1) is 12.3 Å². The van der Waals surface area contributed by atoms with E-state index in [9.17, 15) is 0 Å². The van der Waals surface area contributed by atoms with Crippen molar-refractivity contribution in [2.75, 3.05) is 0 Å². The van der Waals surface area contributed by atoms with Crippen LogP contribution in [0.3, 0.4) is 0 Å². The van der Waals surface area contributed by atoms with E-state index in [0.717, 1.165) is 25.7 Å². The van der Waals surface area contributed by atoms with E-state index in [0.29, 0.717) is 0 Å². The molecule has 1 unspecified atom stereocenters. The fraction of sp³-hybridized carbons (Fsp3) is 0.714. The lowest BCUT2D eigenvalue weighted by Crippen LogP contribution is -2.48. The Kier molecular flexibility index (Phi) is 8.60. The van der Waals surface area contributed by atoms with Crippen molar-refractivity contribution in [2.45, 2.75) is 97.9 Å². The fourth-order valence-electron chi connectivity index (χ4n) is 2.15. The second-order valence-corrected chi connectivity index (χ2v) is 13.4. The first-order valence-corrected chi connectivity index (χ1v) is 11.7. The van der Waals surface area contributed by atoms with E-state index in [-0.39, 0.29) is 5.04 Å². The summed E-state index contributed by atoms with van der Waals surface area (Å²) in [5, 5.41) is 0.182. The molecule has 0 rings (SSSR count). The molecule has 0 radical (unpaired) electrons. The Bertz CT molecular complexity index is 467. The monoisotopic (exact) mass is 334 g/mol. The predicted molar refractivity (Wildman–Crippen MR) is 107 cm³/mol. The minimum absolute atomic E-state index is 0.182. The van der Waals surface area contributed by atoms with Gasteiger partial charge in [-0.05, 0) is 71.5 Å². The van der Waals surface area contributed by atoms with Crippen molar-refractivity contribution < 1.29 is 4.43 Å². The van der Waals surface area contributed by atoms with Gasteiger partial charge in [0.05, 0.1) is 0 Å². The molecule has 0 saturated heterocycles. The van der Waals surface area contributed by atoms with Gasteiger partial charge in [0.15, 0.2) is 8.32 Å². The van der Waals surface area contributed by atoms with Crippen LogP contribution in [-0.2, 0) is 4.43 Å². The summed E-state index contributed by atoms with van der Waals surface area (Å²) in [5.41, 5.74) is 2.37. The second-order valence-electron chi connectivity index (χ2n) is 8.65. The van der Waals surface area contributed by atoms with Gasteiger partial charge in [0.2, 0.25) is 0 Å². The van der Waals surface area contributed by atoms with Gasteiger partial charge >= 0.3 is 0 Å².